The number of carbonyl (C=O) groups is 2. The Kier molecular flexibility index (Phi) is 9.82. The van der Waals surface area contributed by atoms with Gasteiger partial charge in [-0.05, 0) is 59.8 Å². The second kappa shape index (κ2) is 11.8. The van der Waals surface area contributed by atoms with Gasteiger partial charge in [0.1, 0.15) is 11.6 Å². The highest BCUT2D eigenvalue weighted by Gasteiger charge is 2.18. The summed E-state index contributed by atoms with van der Waals surface area (Å²) in [6, 6.07) is 11.2. The minimum absolute atomic E-state index is 0.326. The molecule has 0 bridgehead atoms. The average Bonchev–Trinajstić information content (AvgIpc) is 2.66. The lowest BCUT2D eigenvalue weighted by Crippen LogP contribution is -2.10. The zero-order chi connectivity index (χ0) is 21.1. The van der Waals surface area contributed by atoms with Crippen LogP contribution in [0.25, 0.3) is 0 Å². The summed E-state index contributed by atoms with van der Waals surface area (Å²) in [4.78, 5) is 21.9. The van der Waals surface area contributed by atoms with Crippen molar-refractivity contribution in [3.8, 4) is 0 Å². The normalized spacial score (nSPS) is 12.1. The van der Waals surface area contributed by atoms with E-state index in [1.165, 1.54) is 36.4 Å². The number of carbonyl (C=O) groups excluding carboxylic acids is 1. The third-order valence-electron chi connectivity index (χ3n) is 3.92. The fourth-order valence-electron chi connectivity index (χ4n) is 2.46. The Morgan fingerprint density at radius 3 is 1.54 bits per heavy atom. The molecular formula is C22H21ClF2O3. The van der Waals surface area contributed by atoms with E-state index in [0.717, 1.165) is 0 Å². The van der Waals surface area contributed by atoms with E-state index in [0.29, 0.717) is 24.0 Å². The third-order valence-corrected chi connectivity index (χ3v) is 4.18. The first-order valence-electron chi connectivity index (χ1n) is 8.45. The van der Waals surface area contributed by atoms with Crippen LogP contribution in [0.15, 0.2) is 73.8 Å². The van der Waals surface area contributed by atoms with E-state index in [-0.39, 0.29) is 11.6 Å². The molecule has 0 aliphatic carbocycles. The molecule has 0 saturated carbocycles. The second-order valence-electron chi connectivity index (χ2n) is 5.90. The van der Waals surface area contributed by atoms with Crippen LogP contribution in [0.2, 0.25) is 0 Å². The summed E-state index contributed by atoms with van der Waals surface area (Å²) in [5.74, 6) is -2.66. The zero-order valence-corrected chi connectivity index (χ0v) is 15.9. The summed E-state index contributed by atoms with van der Waals surface area (Å²) in [5.41, 5.74) is 1.31. The minimum Gasteiger partial charge on any atom is -0.481 e. The first kappa shape index (κ1) is 23.2. The van der Waals surface area contributed by atoms with Gasteiger partial charge in [0.2, 0.25) is 5.24 Å². The molecule has 2 atom stereocenters. The molecule has 1 N–H and O–H groups in total. The smallest absolute Gasteiger partial charge is 0.311 e. The zero-order valence-electron chi connectivity index (χ0n) is 15.2. The van der Waals surface area contributed by atoms with Crippen molar-refractivity contribution in [3.05, 3.63) is 96.6 Å². The summed E-state index contributed by atoms with van der Waals surface area (Å²) in [5, 5.41) is 8.44. The molecule has 0 aliphatic rings. The van der Waals surface area contributed by atoms with Crippen LogP contribution in [0.5, 0.6) is 0 Å². The van der Waals surface area contributed by atoms with Crippen molar-refractivity contribution >= 4 is 22.8 Å². The Balaban J connectivity index is 0.000000280. The summed E-state index contributed by atoms with van der Waals surface area (Å²) < 4.78 is 25.2. The van der Waals surface area contributed by atoms with Crippen molar-refractivity contribution < 1.29 is 23.5 Å². The Morgan fingerprint density at radius 1 is 0.857 bits per heavy atom. The van der Waals surface area contributed by atoms with Crippen LogP contribution in [0.1, 0.15) is 35.8 Å². The molecule has 2 aromatic carbocycles. The molecule has 6 heteroatoms. The highest BCUT2D eigenvalue weighted by Crippen LogP contribution is 2.23. The Morgan fingerprint density at radius 2 is 1.21 bits per heavy atom. The maximum atomic E-state index is 12.6. The number of hydrogen-bond acceptors (Lipinski definition) is 2. The SMILES string of the molecule is C=CC[C@H](C(=O)Cl)c1ccc(F)cc1.C=CC[C@H](C(=O)O)c1ccc(F)cc1. The van der Waals surface area contributed by atoms with Crippen LogP contribution >= 0.6 is 11.6 Å². The van der Waals surface area contributed by atoms with Gasteiger partial charge in [0, 0.05) is 0 Å². The molecule has 0 aliphatic heterocycles. The lowest BCUT2D eigenvalue weighted by atomic mass is 9.96. The van der Waals surface area contributed by atoms with Crippen LogP contribution in [0.3, 0.4) is 0 Å². The molecule has 3 nitrogen and oxygen atoms in total. The number of carboxylic acid groups (broad SMARTS) is 1. The molecule has 0 radical (unpaired) electrons. The Labute approximate surface area is 168 Å². The van der Waals surface area contributed by atoms with E-state index in [1.807, 2.05) is 0 Å². The topological polar surface area (TPSA) is 54.4 Å². The fourth-order valence-corrected chi connectivity index (χ4v) is 2.68. The van der Waals surface area contributed by atoms with Gasteiger partial charge in [-0.15, -0.1) is 13.2 Å². The highest BCUT2D eigenvalue weighted by molar-refractivity contribution is 6.64. The predicted octanol–water partition coefficient (Wildman–Crippen LogP) is 5.82. The largest absolute Gasteiger partial charge is 0.481 e. The van der Waals surface area contributed by atoms with E-state index in [4.69, 9.17) is 16.7 Å². The maximum absolute atomic E-state index is 12.6. The summed E-state index contributed by atoms with van der Waals surface area (Å²) in [7, 11) is 0. The molecule has 28 heavy (non-hydrogen) atoms. The lowest BCUT2D eigenvalue weighted by Gasteiger charge is -2.09. The highest BCUT2D eigenvalue weighted by atomic mass is 35.5. The van der Waals surface area contributed by atoms with Crippen molar-refractivity contribution in [1.29, 1.82) is 0 Å². The van der Waals surface area contributed by atoms with Gasteiger partial charge in [-0.25, -0.2) is 8.78 Å². The predicted molar refractivity (Wildman–Crippen MR) is 106 cm³/mol. The minimum atomic E-state index is -0.920. The number of carboxylic acids is 1. The summed E-state index contributed by atoms with van der Waals surface area (Å²) >= 11 is 5.42. The number of hydrogen-bond donors (Lipinski definition) is 1. The van der Waals surface area contributed by atoms with Crippen molar-refractivity contribution in [3.63, 3.8) is 0 Å². The Bertz CT molecular complexity index is 732. The van der Waals surface area contributed by atoms with Crippen molar-refractivity contribution in [2.45, 2.75) is 24.7 Å². The molecule has 0 fully saturated rings. The van der Waals surface area contributed by atoms with Crippen LogP contribution in [-0.4, -0.2) is 16.3 Å². The van der Waals surface area contributed by atoms with Crippen molar-refractivity contribution in [2.24, 2.45) is 0 Å². The van der Waals surface area contributed by atoms with Crippen LogP contribution < -0.4 is 0 Å². The summed E-state index contributed by atoms with van der Waals surface area (Å²) in [6.45, 7) is 7.03. The molecular weight excluding hydrogens is 386 g/mol. The number of rotatable bonds is 8. The molecule has 148 valence electrons. The van der Waals surface area contributed by atoms with E-state index in [9.17, 15) is 18.4 Å². The van der Waals surface area contributed by atoms with Gasteiger partial charge in [-0.3, -0.25) is 9.59 Å². The second-order valence-corrected chi connectivity index (χ2v) is 6.27. The Hall–Kier alpha value is -2.79. The molecule has 0 saturated heterocycles. The standard InChI is InChI=1S/C11H10ClFO.C11H11FO2/c1-2-3-10(11(12)14)8-4-6-9(13)7-5-8;1-2-3-10(11(13)14)8-4-6-9(12)7-5-8/h2,4-7,10H,1,3H2;2,4-7,10H,1,3H2,(H,13,14)/t2*10-/m00/s1. The van der Waals surface area contributed by atoms with Gasteiger partial charge in [0.05, 0.1) is 11.8 Å². The van der Waals surface area contributed by atoms with Gasteiger partial charge in [0.25, 0.3) is 0 Å². The van der Waals surface area contributed by atoms with E-state index in [2.05, 4.69) is 13.2 Å². The van der Waals surface area contributed by atoms with Gasteiger partial charge in [0.15, 0.2) is 0 Å². The van der Waals surface area contributed by atoms with E-state index < -0.39 is 23.0 Å². The first-order chi connectivity index (χ1) is 13.3. The van der Waals surface area contributed by atoms with Gasteiger partial charge >= 0.3 is 5.97 Å². The van der Waals surface area contributed by atoms with E-state index >= 15 is 0 Å². The number of allylic oxidation sites excluding steroid dienone is 2. The lowest BCUT2D eigenvalue weighted by molar-refractivity contribution is -0.138. The van der Waals surface area contributed by atoms with Crippen LogP contribution in [0, 0.1) is 11.6 Å². The number of benzene rings is 2. The molecule has 2 rings (SSSR count). The first-order valence-corrected chi connectivity index (χ1v) is 8.82. The third kappa shape index (κ3) is 7.45. The molecule has 0 aromatic heterocycles. The van der Waals surface area contributed by atoms with Crippen molar-refractivity contribution in [2.75, 3.05) is 0 Å². The fraction of sp³-hybridized carbons (Fsp3) is 0.182. The van der Waals surface area contributed by atoms with Crippen LogP contribution in [-0.2, 0) is 9.59 Å². The van der Waals surface area contributed by atoms with Crippen molar-refractivity contribution in [1.82, 2.24) is 0 Å². The van der Waals surface area contributed by atoms with Crippen LogP contribution in [0.4, 0.5) is 8.78 Å². The quantitative estimate of drug-likeness (QED) is 0.444. The number of halogens is 3. The van der Waals surface area contributed by atoms with Gasteiger partial charge in [-0.1, -0.05) is 36.4 Å². The molecule has 0 heterocycles. The maximum Gasteiger partial charge on any atom is 0.311 e. The monoisotopic (exact) mass is 406 g/mol. The molecule has 0 unspecified atom stereocenters. The van der Waals surface area contributed by atoms with E-state index in [1.54, 1.807) is 24.3 Å². The molecule has 2 aromatic rings. The number of aliphatic carboxylic acids is 1. The summed E-state index contributed by atoms with van der Waals surface area (Å²) in [6.07, 6.45) is 3.98. The molecule has 0 amide bonds. The average molecular weight is 407 g/mol. The van der Waals surface area contributed by atoms with Gasteiger partial charge in [-0.2, -0.15) is 0 Å². The van der Waals surface area contributed by atoms with Gasteiger partial charge < -0.3 is 5.11 Å². The molecule has 0 spiro atoms.